The lowest BCUT2D eigenvalue weighted by Crippen LogP contribution is -2.30. The Bertz CT molecular complexity index is 1620. The largest absolute Gasteiger partial charge is 0.472 e. The minimum Gasteiger partial charge on any atom is -0.461 e. The molecule has 72 heavy (non-hydrogen) atoms. The van der Waals surface area contributed by atoms with Gasteiger partial charge in [-0.05, 0) is 103 Å². The van der Waals surface area contributed by atoms with Gasteiger partial charge in [-0.15, -0.1) is 0 Å². The molecule has 3 atom stereocenters. The summed E-state index contributed by atoms with van der Waals surface area (Å²) in [4.78, 5) is 48.4. The van der Waals surface area contributed by atoms with Gasteiger partial charge in [-0.2, -0.15) is 0 Å². The maximum absolute atomic E-state index is 12.9. The smallest absolute Gasteiger partial charge is 0.461 e. The molecule has 3 unspecified atom stereocenters. The third kappa shape index (κ3) is 51.1. The van der Waals surface area contributed by atoms with Gasteiger partial charge < -0.3 is 24.2 Å². The number of phosphoric ester groups is 1. The first kappa shape index (κ1) is 68.1. The average Bonchev–Trinajstić information content (AvgIpc) is 3.37. The Balaban J connectivity index is 4.88. The van der Waals surface area contributed by atoms with Crippen molar-refractivity contribution in [1.82, 2.24) is 0 Å². The van der Waals surface area contributed by atoms with E-state index in [9.17, 15) is 28.9 Å². The zero-order valence-electron chi connectivity index (χ0n) is 45.1. The molecule has 0 radical (unpaired) electrons. The predicted molar refractivity (Wildman–Crippen MR) is 297 cm³/mol. The Kier molecular flexibility index (Phi) is 50.6. The van der Waals surface area contributed by atoms with Gasteiger partial charge in [-0.1, -0.05) is 201 Å². The molecular weight excluding hydrogens is 928 g/mol. The van der Waals surface area contributed by atoms with E-state index in [1.54, 1.807) is 6.08 Å². The monoisotopic (exact) mass is 1030 g/mol. The van der Waals surface area contributed by atoms with Gasteiger partial charge in [0, 0.05) is 12.8 Å². The molecule has 0 saturated heterocycles. The second kappa shape index (κ2) is 53.4. The average molecular weight is 1030 g/mol. The second-order valence-electron chi connectivity index (χ2n) is 18.0. The normalized spacial score (nSPS) is 14.2. The van der Waals surface area contributed by atoms with Gasteiger partial charge in [-0.25, -0.2) is 4.57 Å². The van der Waals surface area contributed by atoms with Crippen molar-refractivity contribution in [2.45, 2.75) is 226 Å². The number of aliphatic hydroxyl groups excluding tert-OH is 1. The summed E-state index contributed by atoms with van der Waals surface area (Å²) in [6.45, 7) is 4.31. The third-order valence-electron chi connectivity index (χ3n) is 11.2. The molecule has 0 bridgehead atoms. The van der Waals surface area contributed by atoms with E-state index in [0.29, 0.717) is 19.3 Å². The zero-order valence-corrected chi connectivity index (χ0v) is 46.0. The summed E-state index contributed by atoms with van der Waals surface area (Å²) in [6, 6.07) is 0. The van der Waals surface area contributed by atoms with Crippen LogP contribution in [0, 0.1) is 0 Å². The lowest BCUT2D eigenvalue weighted by molar-refractivity contribution is -0.161. The summed E-state index contributed by atoms with van der Waals surface area (Å²) in [5.74, 6) is -1.65. The van der Waals surface area contributed by atoms with Gasteiger partial charge in [0.05, 0.1) is 26.2 Å². The predicted octanol–water partition coefficient (Wildman–Crippen LogP) is 16.2. The molecule has 0 aromatic heterocycles. The van der Waals surface area contributed by atoms with Crippen molar-refractivity contribution in [2.24, 2.45) is 0 Å². The molecule has 2 N–H and O–H groups in total. The third-order valence-corrected chi connectivity index (χ3v) is 12.1. The van der Waals surface area contributed by atoms with Crippen LogP contribution in [0.15, 0.2) is 109 Å². The van der Waals surface area contributed by atoms with Gasteiger partial charge >= 0.3 is 25.7 Å². The quantitative estimate of drug-likeness (QED) is 0.0197. The summed E-state index contributed by atoms with van der Waals surface area (Å²) < 4.78 is 39.3. The van der Waals surface area contributed by atoms with Crippen molar-refractivity contribution in [2.75, 3.05) is 26.4 Å². The number of carbonyl (C=O) groups is 3. The molecule has 0 heterocycles. The fourth-order valence-electron chi connectivity index (χ4n) is 6.94. The van der Waals surface area contributed by atoms with Crippen LogP contribution >= 0.6 is 7.82 Å². The summed E-state index contributed by atoms with van der Waals surface area (Å²) in [5.41, 5.74) is 0. The van der Waals surface area contributed by atoms with E-state index >= 15 is 0 Å². The van der Waals surface area contributed by atoms with Crippen LogP contribution in [-0.4, -0.2) is 66.5 Å². The van der Waals surface area contributed by atoms with E-state index in [1.165, 1.54) is 38.5 Å². The molecule has 0 aliphatic heterocycles. The van der Waals surface area contributed by atoms with Crippen molar-refractivity contribution in [1.29, 1.82) is 0 Å². The van der Waals surface area contributed by atoms with E-state index in [2.05, 4.69) is 112 Å². The number of allylic oxidation sites excluding steroid dienone is 17. The summed E-state index contributed by atoms with van der Waals surface area (Å²) in [6.07, 6.45) is 63.7. The first-order chi connectivity index (χ1) is 35.2. The number of ether oxygens (including phenoxy) is 3. The highest BCUT2D eigenvalue weighted by atomic mass is 31.2. The fourth-order valence-corrected chi connectivity index (χ4v) is 7.73. The molecule has 11 nitrogen and oxygen atoms in total. The molecule has 0 rings (SSSR count). The number of rotatable bonds is 50. The lowest BCUT2D eigenvalue weighted by Gasteiger charge is -2.21. The maximum atomic E-state index is 12.9. The minimum atomic E-state index is -4.77. The van der Waals surface area contributed by atoms with Crippen molar-refractivity contribution >= 4 is 25.7 Å². The van der Waals surface area contributed by atoms with Crippen LogP contribution in [0.5, 0.6) is 0 Å². The lowest BCUT2D eigenvalue weighted by atomic mass is 10.1. The highest BCUT2D eigenvalue weighted by Gasteiger charge is 2.28. The van der Waals surface area contributed by atoms with Crippen LogP contribution in [0.25, 0.3) is 0 Å². The van der Waals surface area contributed by atoms with Crippen molar-refractivity contribution in [3.05, 3.63) is 109 Å². The zero-order chi connectivity index (χ0) is 52.7. The molecule has 0 aliphatic rings. The molecule has 0 fully saturated rings. The van der Waals surface area contributed by atoms with Crippen molar-refractivity contribution < 1.29 is 52.2 Å². The fraction of sp³-hybridized carbons (Fsp3) is 0.650. The van der Waals surface area contributed by atoms with Crippen LogP contribution in [0.2, 0.25) is 0 Å². The summed E-state index contributed by atoms with van der Waals surface area (Å²) >= 11 is 0. The number of hydrogen-bond acceptors (Lipinski definition) is 10. The molecular formula is C60H99O11P. The molecule has 410 valence electrons. The Hall–Kier alpha value is -3.86. The molecule has 0 aromatic rings. The number of hydrogen-bond donors (Lipinski definition) is 2. The molecule has 0 spiro atoms. The Labute approximate surface area is 437 Å². The Morgan fingerprint density at radius 1 is 0.417 bits per heavy atom. The number of esters is 3. The van der Waals surface area contributed by atoms with Gasteiger partial charge in [0.15, 0.2) is 6.10 Å². The molecule has 0 aromatic carbocycles. The van der Waals surface area contributed by atoms with E-state index in [-0.39, 0.29) is 19.3 Å². The van der Waals surface area contributed by atoms with Crippen LogP contribution in [-0.2, 0) is 42.2 Å². The molecule has 0 amide bonds. The van der Waals surface area contributed by atoms with E-state index in [0.717, 1.165) is 116 Å². The van der Waals surface area contributed by atoms with Crippen LogP contribution in [0.4, 0.5) is 0 Å². The molecule has 0 saturated carbocycles. The molecule has 12 heteroatoms. The van der Waals surface area contributed by atoms with Crippen LogP contribution < -0.4 is 0 Å². The minimum absolute atomic E-state index is 0.0139. The second-order valence-corrected chi connectivity index (χ2v) is 19.5. The van der Waals surface area contributed by atoms with Gasteiger partial charge in [0.1, 0.15) is 12.7 Å². The maximum Gasteiger partial charge on any atom is 0.472 e. The van der Waals surface area contributed by atoms with Crippen molar-refractivity contribution in [3.8, 4) is 0 Å². The summed E-state index contributed by atoms with van der Waals surface area (Å²) in [5, 5.41) is 9.78. The standard InChI is InChI=1S/C60H99O11P/c1-4-7-10-13-16-19-22-24-26-27-28-29-31-33-36-39-42-45-48-51-60(64)71-57(53-67-58(62)49-46-43-40-37-35-32-30-25-23-20-17-14-11-8-5-2)55-69-72(65,66)68-54-56(52-61)70-59(63)50-47-44-41-38-34-21-18-15-12-9-6-3/h8,11,15-20,24-26,28-30,35,37,43,46,56-57,61H,4-7,9-10,12-14,21-23,27,31-34,36,38-42,44-45,47-55H2,1-3H3,(H,65,66)/b11-8-,18-15-,19-16-,20-17-,26-24-,29-28-,30-25-,37-35-,46-43-. The molecule has 0 aliphatic carbocycles. The Morgan fingerprint density at radius 3 is 1.24 bits per heavy atom. The van der Waals surface area contributed by atoms with Crippen LogP contribution in [0.1, 0.15) is 213 Å². The number of unbranched alkanes of at least 4 members (excludes halogenated alkanes) is 16. The number of aliphatic hydroxyl groups is 1. The number of carbonyl (C=O) groups excluding carboxylic acids is 3. The highest BCUT2D eigenvalue weighted by molar-refractivity contribution is 7.47. The topological polar surface area (TPSA) is 155 Å². The number of phosphoric acid groups is 1. The van der Waals surface area contributed by atoms with Crippen molar-refractivity contribution in [3.63, 3.8) is 0 Å². The van der Waals surface area contributed by atoms with Crippen LogP contribution in [0.3, 0.4) is 0 Å². The Morgan fingerprint density at radius 2 is 0.778 bits per heavy atom. The van der Waals surface area contributed by atoms with E-state index in [1.807, 2.05) is 12.2 Å². The summed E-state index contributed by atoms with van der Waals surface area (Å²) in [7, 11) is -4.77. The van der Waals surface area contributed by atoms with Gasteiger partial charge in [-0.3, -0.25) is 23.4 Å². The highest BCUT2D eigenvalue weighted by Crippen LogP contribution is 2.43. The van der Waals surface area contributed by atoms with Gasteiger partial charge in [0.25, 0.3) is 0 Å². The van der Waals surface area contributed by atoms with E-state index < -0.39 is 64.4 Å². The van der Waals surface area contributed by atoms with Gasteiger partial charge in [0.2, 0.25) is 0 Å². The first-order valence-electron chi connectivity index (χ1n) is 27.8. The first-order valence-corrected chi connectivity index (χ1v) is 29.3. The SMILES string of the molecule is CC/C=C\C/C=C\C/C=C\C/C=C\C/C=C\CC(=O)OCC(COP(=O)(O)OCC(CO)OC(=O)CCCCCCC/C=C\CCCC)OC(=O)CCCCCCCC/C=C\C/C=C\C/C=C\CCCCC. The van der Waals surface area contributed by atoms with E-state index in [4.69, 9.17) is 23.3 Å².